The molecule has 122 valence electrons. The number of thioether (sulfide) groups is 1. The van der Waals surface area contributed by atoms with Crippen molar-refractivity contribution >= 4 is 46.3 Å². The molecule has 0 aromatic carbocycles. The first kappa shape index (κ1) is 16.3. The maximum absolute atomic E-state index is 12.4. The first-order valence-corrected chi connectivity index (χ1v) is 8.75. The van der Waals surface area contributed by atoms with E-state index < -0.39 is 5.97 Å². The van der Waals surface area contributed by atoms with Crippen LogP contribution in [0.1, 0.15) is 43.6 Å². The van der Waals surface area contributed by atoms with E-state index in [0.717, 1.165) is 12.2 Å². The second kappa shape index (κ2) is 6.49. The Hall–Kier alpha value is -1.60. The third-order valence-corrected chi connectivity index (χ3v) is 5.42. The number of hydrogen-bond acceptors (Lipinski definition) is 5. The third kappa shape index (κ3) is 3.67. The molecule has 7 heteroatoms. The molecule has 0 bridgehead atoms. The van der Waals surface area contributed by atoms with E-state index in [9.17, 15) is 9.59 Å². The van der Waals surface area contributed by atoms with Crippen LogP contribution in [0.15, 0.2) is 21.5 Å². The molecule has 1 amide bonds. The van der Waals surface area contributed by atoms with Crippen LogP contribution in [0.25, 0.3) is 6.08 Å². The van der Waals surface area contributed by atoms with Crippen molar-refractivity contribution in [2.24, 2.45) is 5.92 Å². The molecule has 1 saturated carbocycles. The number of amides is 1. The summed E-state index contributed by atoms with van der Waals surface area (Å²) in [6, 6.07) is 3.84. The summed E-state index contributed by atoms with van der Waals surface area (Å²) in [6.45, 7) is 2.52. The van der Waals surface area contributed by atoms with E-state index in [1.54, 1.807) is 6.08 Å². The summed E-state index contributed by atoms with van der Waals surface area (Å²) in [4.78, 5) is 24.9. The number of carboxylic acid groups (broad SMARTS) is 1. The lowest BCUT2D eigenvalue weighted by Gasteiger charge is -2.13. The van der Waals surface area contributed by atoms with Crippen molar-refractivity contribution in [2.45, 2.75) is 32.1 Å². The molecule has 1 aliphatic carbocycles. The van der Waals surface area contributed by atoms with Crippen LogP contribution in [0.3, 0.4) is 0 Å². The number of nitrogens with zero attached hydrogens (tertiary/aromatic N) is 1. The topological polar surface area (TPSA) is 70.8 Å². The molecule has 2 unspecified atom stereocenters. The number of rotatable bonds is 6. The zero-order chi connectivity index (χ0) is 16.6. The van der Waals surface area contributed by atoms with Crippen molar-refractivity contribution in [3.8, 4) is 0 Å². The summed E-state index contributed by atoms with van der Waals surface area (Å²) >= 11 is 6.44. The molecule has 23 heavy (non-hydrogen) atoms. The van der Waals surface area contributed by atoms with Gasteiger partial charge in [-0.05, 0) is 30.9 Å². The highest BCUT2D eigenvalue weighted by Crippen LogP contribution is 2.47. The molecule has 0 spiro atoms. The Kier molecular flexibility index (Phi) is 4.59. The van der Waals surface area contributed by atoms with Crippen LogP contribution in [0.4, 0.5) is 0 Å². The van der Waals surface area contributed by atoms with E-state index in [-0.39, 0.29) is 12.3 Å². The number of carboxylic acids is 1. The quantitative estimate of drug-likeness (QED) is 0.625. The molecule has 3 rings (SSSR count). The van der Waals surface area contributed by atoms with Crippen LogP contribution < -0.4 is 0 Å². The molecule has 1 aromatic heterocycles. The molecule has 1 N–H and O–H groups in total. The zero-order valence-electron chi connectivity index (χ0n) is 12.7. The SMILES string of the molecule is CC1CC1c1ccc(C=C2SC(=S)N(CCCC(=O)O)C2=O)o1. The number of thiocarbonyl (C=S) groups is 1. The molecule has 5 nitrogen and oxygen atoms in total. The Labute approximate surface area is 143 Å². The van der Waals surface area contributed by atoms with Gasteiger partial charge in [0, 0.05) is 25.0 Å². The molecule has 2 aliphatic rings. The van der Waals surface area contributed by atoms with E-state index in [1.807, 2.05) is 12.1 Å². The highest BCUT2D eigenvalue weighted by molar-refractivity contribution is 8.26. The Balaban J connectivity index is 1.66. The van der Waals surface area contributed by atoms with Crippen molar-refractivity contribution in [1.82, 2.24) is 4.90 Å². The minimum Gasteiger partial charge on any atom is -0.481 e. The predicted molar refractivity (Wildman–Crippen MR) is 92.0 cm³/mol. The lowest BCUT2D eigenvalue weighted by atomic mass is 10.3. The monoisotopic (exact) mass is 351 g/mol. The van der Waals surface area contributed by atoms with E-state index >= 15 is 0 Å². The molecular weight excluding hydrogens is 334 g/mol. The van der Waals surface area contributed by atoms with Crippen LogP contribution in [0.5, 0.6) is 0 Å². The summed E-state index contributed by atoms with van der Waals surface area (Å²) in [6.07, 6.45) is 3.28. The summed E-state index contributed by atoms with van der Waals surface area (Å²) in [5, 5.41) is 8.67. The minimum absolute atomic E-state index is 0.0250. The van der Waals surface area contributed by atoms with Crippen molar-refractivity contribution in [1.29, 1.82) is 0 Å². The number of hydrogen-bond donors (Lipinski definition) is 1. The average molecular weight is 351 g/mol. The fraction of sp³-hybridized carbons (Fsp3) is 0.438. The lowest BCUT2D eigenvalue weighted by molar-refractivity contribution is -0.137. The van der Waals surface area contributed by atoms with Gasteiger partial charge in [0.15, 0.2) is 0 Å². The normalized spacial score (nSPS) is 25.4. The Morgan fingerprint density at radius 3 is 2.96 bits per heavy atom. The van der Waals surface area contributed by atoms with E-state index in [0.29, 0.717) is 39.8 Å². The number of carbonyl (C=O) groups excluding carboxylic acids is 1. The first-order valence-electron chi connectivity index (χ1n) is 7.52. The summed E-state index contributed by atoms with van der Waals surface area (Å²) < 4.78 is 6.26. The van der Waals surface area contributed by atoms with Crippen molar-refractivity contribution in [2.75, 3.05) is 6.54 Å². The van der Waals surface area contributed by atoms with Gasteiger partial charge in [-0.25, -0.2) is 0 Å². The first-order chi connectivity index (χ1) is 11.0. The largest absolute Gasteiger partial charge is 0.481 e. The van der Waals surface area contributed by atoms with E-state index in [1.165, 1.54) is 16.7 Å². The van der Waals surface area contributed by atoms with Gasteiger partial charge < -0.3 is 9.52 Å². The Morgan fingerprint density at radius 1 is 1.57 bits per heavy atom. The molecular formula is C16H17NO4S2. The summed E-state index contributed by atoms with van der Waals surface area (Å²) in [5.41, 5.74) is 0. The van der Waals surface area contributed by atoms with Gasteiger partial charge in [0.25, 0.3) is 5.91 Å². The molecule has 2 atom stereocenters. The summed E-state index contributed by atoms with van der Waals surface area (Å²) in [5.74, 6) is 1.75. The Bertz CT molecular complexity index is 694. The van der Waals surface area contributed by atoms with E-state index in [2.05, 4.69) is 6.92 Å². The number of carbonyl (C=O) groups is 2. The van der Waals surface area contributed by atoms with Crippen LogP contribution in [0, 0.1) is 5.92 Å². The van der Waals surface area contributed by atoms with Gasteiger partial charge in [0.1, 0.15) is 15.8 Å². The standard InChI is InChI=1S/C16H17NO4S2/c1-9-7-11(9)12-5-4-10(21-12)8-13-15(20)17(16(22)23-13)6-2-3-14(18)19/h4-5,8-9,11H,2-3,6-7H2,1H3,(H,18,19). The molecule has 2 fully saturated rings. The predicted octanol–water partition coefficient (Wildman–Crippen LogP) is 3.47. The maximum Gasteiger partial charge on any atom is 0.303 e. The van der Waals surface area contributed by atoms with Crippen molar-refractivity contribution < 1.29 is 19.1 Å². The molecule has 1 saturated heterocycles. The van der Waals surface area contributed by atoms with Gasteiger partial charge in [-0.3, -0.25) is 14.5 Å². The fourth-order valence-corrected chi connectivity index (χ4v) is 3.86. The third-order valence-electron chi connectivity index (χ3n) is 4.04. The summed E-state index contributed by atoms with van der Waals surface area (Å²) in [7, 11) is 0. The molecule has 1 aromatic rings. The van der Waals surface area contributed by atoms with Gasteiger partial charge in [-0.2, -0.15) is 0 Å². The van der Waals surface area contributed by atoms with Crippen LogP contribution in [-0.4, -0.2) is 32.7 Å². The zero-order valence-corrected chi connectivity index (χ0v) is 14.3. The molecule has 2 heterocycles. The smallest absolute Gasteiger partial charge is 0.303 e. The van der Waals surface area contributed by atoms with Crippen LogP contribution in [-0.2, 0) is 9.59 Å². The van der Waals surface area contributed by atoms with Gasteiger partial charge in [-0.1, -0.05) is 30.9 Å². The van der Waals surface area contributed by atoms with E-state index in [4.69, 9.17) is 21.7 Å². The number of aliphatic carboxylic acids is 1. The average Bonchev–Trinajstić information content (AvgIpc) is 2.93. The number of furan rings is 1. The second-order valence-electron chi connectivity index (χ2n) is 5.89. The van der Waals surface area contributed by atoms with Crippen molar-refractivity contribution in [3.05, 3.63) is 28.6 Å². The molecule has 0 radical (unpaired) electrons. The van der Waals surface area contributed by atoms with Crippen molar-refractivity contribution in [3.63, 3.8) is 0 Å². The fourth-order valence-electron chi connectivity index (χ4n) is 2.57. The van der Waals surface area contributed by atoms with Gasteiger partial charge in [-0.15, -0.1) is 0 Å². The second-order valence-corrected chi connectivity index (χ2v) is 7.57. The maximum atomic E-state index is 12.4. The lowest BCUT2D eigenvalue weighted by Crippen LogP contribution is -2.29. The highest BCUT2D eigenvalue weighted by atomic mass is 32.2. The minimum atomic E-state index is -0.872. The van der Waals surface area contributed by atoms with Gasteiger partial charge in [0.2, 0.25) is 0 Å². The van der Waals surface area contributed by atoms with Crippen LogP contribution in [0.2, 0.25) is 0 Å². The molecule has 1 aliphatic heterocycles. The van der Waals surface area contributed by atoms with Gasteiger partial charge in [0.05, 0.1) is 4.91 Å². The Morgan fingerprint density at radius 2 is 2.30 bits per heavy atom. The van der Waals surface area contributed by atoms with Gasteiger partial charge >= 0.3 is 5.97 Å². The highest BCUT2D eigenvalue weighted by Gasteiger charge is 2.37. The van der Waals surface area contributed by atoms with Crippen LogP contribution >= 0.6 is 24.0 Å².